The Labute approximate surface area is 147 Å². The van der Waals surface area contributed by atoms with Gasteiger partial charge in [-0.25, -0.2) is 4.39 Å². The van der Waals surface area contributed by atoms with E-state index in [1.54, 1.807) is 36.4 Å². The van der Waals surface area contributed by atoms with E-state index < -0.39 is 0 Å². The third-order valence-electron chi connectivity index (χ3n) is 3.50. The number of hydrogen-bond donors (Lipinski definition) is 0. The molecule has 0 bridgehead atoms. The molecule has 0 fully saturated rings. The minimum atomic E-state index is -0.368. The number of allylic oxidation sites excluding steroid dienone is 2. The summed E-state index contributed by atoms with van der Waals surface area (Å²) in [4.78, 5) is 12.3. The van der Waals surface area contributed by atoms with E-state index in [0.717, 1.165) is 5.57 Å². The van der Waals surface area contributed by atoms with Crippen molar-refractivity contribution in [3.8, 4) is 11.5 Å². The lowest BCUT2D eigenvalue weighted by atomic mass is 10.1. The standard InChI is InChI=1S/C21H21FO3/c1-15(2)12-13-25-20-11-9-17(14-21(20)24-3)19(23)10-8-16-6-4-5-7-18(16)22/h4-12,14H,13H2,1-3H3/b10-8+. The zero-order valence-electron chi connectivity index (χ0n) is 14.6. The van der Waals surface area contributed by atoms with E-state index in [1.807, 2.05) is 19.9 Å². The van der Waals surface area contributed by atoms with Crippen molar-refractivity contribution in [2.75, 3.05) is 13.7 Å². The Morgan fingerprint density at radius 1 is 1.12 bits per heavy atom. The monoisotopic (exact) mass is 340 g/mol. The smallest absolute Gasteiger partial charge is 0.185 e. The van der Waals surface area contributed by atoms with Crippen molar-refractivity contribution in [3.05, 3.63) is 77.1 Å². The molecule has 0 saturated carbocycles. The van der Waals surface area contributed by atoms with Crippen molar-refractivity contribution in [1.29, 1.82) is 0 Å². The highest BCUT2D eigenvalue weighted by Gasteiger charge is 2.09. The number of rotatable bonds is 7. The van der Waals surface area contributed by atoms with E-state index in [2.05, 4.69) is 0 Å². The van der Waals surface area contributed by atoms with Crippen LogP contribution >= 0.6 is 0 Å². The van der Waals surface area contributed by atoms with Gasteiger partial charge in [-0.05, 0) is 56.3 Å². The minimum Gasteiger partial charge on any atom is -0.493 e. The van der Waals surface area contributed by atoms with Crippen molar-refractivity contribution < 1.29 is 18.7 Å². The summed E-state index contributed by atoms with van der Waals surface area (Å²) >= 11 is 0. The second-order valence-corrected chi connectivity index (χ2v) is 5.68. The van der Waals surface area contributed by atoms with Gasteiger partial charge in [-0.2, -0.15) is 0 Å². The van der Waals surface area contributed by atoms with E-state index in [-0.39, 0.29) is 11.6 Å². The number of benzene rings is 2. The Morgan fingerprint density at radius 3 is 2.56 bits per heavy atom. The first-order valence-corrected chi connectivity index (χ1v) is 7.92. The number of halogens is 1. The fraction of sp³-hybridized carbons (Fsp3) is 0.190. The molecule has 2 aromatic rings. The zero-order chi connectivity index (χ0) is 18.2. The number of ether oxygens (including phenoxy) is 2. The molecule has 2 aromatic carbocycles. The molecule has 0 aliphatic carbocycles. The fourth-order valence-electron chi connectivity index (χ4n) is 2.11. The molecule has 0 amide bonds. The van der Waals surface area contributed by atoms with Gasteiger partial charge < -0.3 is 9.47 Å². The minimum absolute atomic E-state index is 0.239. The molecule has 0 unspecified atom stereocenters. The van der Waals surface area contributed by atoms with Crippen molar-refractivity contribution in [3.63, 3.8) is 0 Å². The summed E-state index contributed by atoms with van der Waals surface area (Å²) in [6.07, 6.45) is 4.76. The topological polar surface area (TPSA) is 35.5 Å². The number of methoxy groups -OCH3 is 1. The molecule has 3 nitrogen and oxygen atoms in total. The van der Waals surface area contributed by atoms with Crippen LogP contribution in [0.25, 0.3) is 6.08 Å². The third-order valence-corrected chi connectivity index (χ3v) is 3.50. The first-order chi connectivity index (χ1) is 12.0. The van der Waals surface area contributed by atoms with Crippen molar-refractivity contribution in [2.24, 2.45) is 0 Å². The average Bonchev–Trinajstić information content (AvgIpc) is 2.60. The van der Waals surface area contributed by atoms with Crippen molar-refractivity contribution in [2.45, 2.75) is 13.8 Å². The maximum absolute atomic E-state index is 13.6. The predicted molar refractivity (Wildman–Crippen MR) is 97.7 cm³/mol. The molecule has 0 heterocycles. The molecule has 0 radical (unpaired) electrons. The third kappa shape index (κ3) is 5.31. The molecule has 2 rings (SSSR count). The van der Waals surface area contributed by atoms with Crippen LogP contribution in [0, 0.1) is 5.82 Å². The zero-order valence-corrected chi connectivity index (χ0v) is 14.6. The highest BCUT2D eigenvalue weighted by molar-refractivity contribution is 6.07. The first kappa shape index (κ1) is 18.5. The van der Waals surface area contributed by atoms with Gasteiger partial charge in [0.2, 0.25) is 0 Å². The summed E-state index contributed by atoms with van der Waals surface area (Å²) in [5, 5.41) is 0. The summed E-state index contributed by atoms with van der Waals surface area (Å²) in [5.74, 6) is 0.437. The summed E-state index contributed by atoms with van der Waals surface area (Å²) < 4.78 is 24.5. The second-order valence-electron chi connectivity index (χ2n) is 5.68. The molecular weight excluding hydrogens is 319 g/mol. The highest BCUT2D eigenvalue weighted by Crippen LogP contribution is 2.28. The van der Waals surface area contributed by atoms with Gasteiger partial charge in [0.15, 0.2) is 17.3 Å². The van der Waals surface area contributed by atoms with Gasteiger partial charge in [-0.1, -0.05) is 23.8 Å². The largest absolute Gasteiger partial charge is 0.493 e. The first-order valence-electron chi connectivity index (χ1n) is 7.92. The number of carbonyl (C=O) groups excluding carboxylic acids is 1. The van der Waals surface area contributed by atoms with Gasteiger partial charge in [0.05, 0.1) is 7.11 Å². The lowest BCUT2D eigenvalue weighted by Crippen LogP contribution is -2.00. The van der Waals surface area contributed by atoms with Gasteiger partial charge in [-0.3, -0.25) is 4.79 Å². The fourth-order valence-corrected chi connectivity index (χ4v) is 2.11. The maximum atomic E-state index is 13.6. The molecule has 0 aromatic heterocycles. The summed E-state index contributed by atoms with van der Waals surface area (Å²) in [5.41, 5.74) is 1.97. The Bertz CT molecular complexity index is 803. The molecule has 0 aliphatic rings. The summed E-state index contributed by atoms with van der Waals surface area (Å²) in [7, 11) is 1.52. The highest BCUT2D eigenvalue weighted by atomic mass is 19.1. The van der Waals surface area contributed by atoms with Gasteiger partial charge in [-0.15, -0.1) is 0 Å². The Morgan fingerprint density at radius 2 is 1.88 bits per heavy atom. The lowest BCUT2D eigenvalue weighted by Gasteiger charge is -2.10. The predicted octanol–water partition coefficient (Wildman–Crippen LogP) is 5.08. The molecule has 0 saturated heterocycles. The van der Waals surface area contributed by atoms with Crippen LogP contribution in [-0.2, 0) is 0 Å². The number of ketones is 1. The Balaban J connectivity index is 2.15. The van der Waals surface area contributed by atoms with E-state index in [1.165, 1.54) is 25.3 Å². The van der Waals surface area contributed by atoms with Gasteiger partial charge in [0.25, 0.3) is 0 Å². The SMILES string of the molecule is COc1cc(C(=O)/C=C/c2ccccc2F)ccc1OCC=C(C)C. The van der Waals surface area contributed by atoms with Gasteiger partial charge in [0.1, 0.15) is 12.4 Å². The van der Waals surface area contributed by atoms with Crippen LogP contribution in [0.3, 0.4) is 0 Å². The maximum Gasteiger partial charge on any atom is 0.185 e. The summed E-state index contributed by atoms with van der Waals surface area (Å²) in [6.45, 7) is 4.41. The normalized spacial score (nSPS) is 10.6. The van der Waals surface area contributed by atoms with E-state index in [4.69, 9.17) is 9.47 Å². The second kappa shape index (κ2) is 8.83. The lowest BCUT2D eigenvalue weighted by molar-refractivity contribution is 0.104. The van der Waals surface area contributed by atoms with Crippen LogP contribution in [0.1, 0.15) is 29.8 Å². The van der Waals surface area contributed by atoms with Crippen LogP contribution in [0.5, 0.6) is 11.5 Å². The van der Waals surface area contributed by atoms with E-state index >= 15 is 0 Å². The molecule has 0 N–H and O–H groups in total. The Kier molecular flexibility index (Phi) is 6.52. The van der Waals surface area contributed by atoms with Crippen LogP contribution in [0.2, 0.25) is 0 Å². The van der Waals surface area contributed by atoms with Crippen LogP contribution in [0.15, 0.2) is 60.2 Å². The summed E-state index contributed by atoms with van der Waals surface area (Å²) in [6, 6.07) is 11.3. The molecule has 0 spiro atoms. The quantitative estimate of drug-likeness (QED) is 0.401. The molecule has 0 aliphatic heterocycles. The van der Waals surface area contributed by atoms with Crippen molar-refractivity contribution in [1.82, 2.24) is 0 Å². The Hall–Kier alpha value is -2.88. The molecular formula is C21H21FO3. The van der Waals surface area contributed by atoms with Crippen LogP contribution < -0.4 is 9.47 Å². The van der Waals surface area contributed by atoms with Crippen molar-refractivity contribution >= 4 is 11.9 Å². The number of carbonyl (C=O) groups is 1. The van der Waals surface area contributed by atoms with Gasteiger partial charge >= 0.3 is 0 Å². The average molecular weight is 340 g/mol. The molecule has 4 heteroatoms. The van der Waals surface area contributed by atoms with E-state index in [9.17, 15) is 9.18 Å². The van der Waals surface area contributed by atoms with Gasteiger partial charge in [0, 0.05) is 11.1 Å². The van der Waals surface area contributed by atoms with E-state index in [0.29, 0.717) is 29.2 Å². The van der Waals surface area contributed by atoms with Crippen LogP contribution in [0.4, 0.5) is 4.39 Å². The molecule has 130 valence electrons. The molecule has 25 heavy (non-hydrogen) atoms. The number of hydrogen-bond acceptors (Lipinski definition) is 3. The molecule has 0 atom stereocenters. The van der Waals surface area contributed by atoms with Crippen LogP contribution in [-0.4, -0.2) is 19.5 Å².